The molecule has 1 aliphatic carbocycles. The Labute approximate surface area is 185 Å². The van der Waals surface area contributed by atoms with Crippen molar-refractivity contribution < 1.29 is 9.53 Å². The summed E-state index contributed by atoms with van der Waals surface area (Å²) in [4.78, 5) is 23.0. The zero-order valence-corrected chi connectivity index (χ0v) is 18.3. The predicted molar refractivity (Wildman–Crippen MR) is 127 cm³/mol. The van der Waals surface area contributed by atoms with Gasteiger partial charge in [0.1, 0.15) is 11.7 Å². The van der Waals surface area contributed by atoms with Crippen molar-refractivity contribution in [2.45, 2.75) is 51.9 Å². The van der Waals surface area contributed by atoms with Crippen LogP contribution in [-0.4, -0.2) is 29.9 Å². The molecule has 162 valence electrons. The molecule has 2 aliphatic rings. The first kappa shape index (κ1) is 22.5. The molecule has 0 N–H and O–H groups in total. The molecule has 5 nitrogen and oxygen atoms in total. The predicted octanol–water partition coefficient (Wildman–Crippen LogP) is 5.77. The highest BCUT2D eigenvalue weighted by atomic mass is 16.5. The Bertz CT molecular complexity index is 934. The molecule has 0 amide bonds. The highest BCUT2D eigenvalue weighted by Gasteiger charge is 2.16. The highest BCUT2D eigenvalue weighted by molar-refractivity contribution is 5.98. The summed E-state index contributed by atoms with van der Waals surface area (Å²) in [5.41, 5.74) is 5.45. The lowest BCUT2D eigenvalue weighted by Gasteiger charge is -2.26. The van der Waals surface area contributed by atoms with Crippen LogP contribution in [0.4, 0.5) is 5.82 Å². The standard InChI is InChI=1S/C26H31N3O2/c1-2-31-26(30)16-9-5-6-12-20-29(24-15-10-11-18-27-24)25-21-23(17-19-28-25)22-13-7-3-4-8-14-22/h3-4,7-8,11,13,17-19,21H,2,5-6,9-10,12,15-16,20H2,1H3. The number of pyridine rings is 1. The Hall–Kier alpha value is -3.17. The van der Waals surface area contributed by atoms with Crippen molar-refractivity contribution in [3.63, 3.8) is 0 Å². The molecular weight excluding hydrogens is 386 g/mol. The number of rotatable bonds is 10. The molecule has 1 aromatic heterocycles. The molecule has 0 saturated carbocycles. The number of amidine groups is 1. The highest BCUT2D eigenvalue weighted by Crippen LogP contribution is 2.23. The first-order chi connectivity index (χ1) is 15.3. The molecule has 0 spiro atoms. The van der Waals surface area contributed by atoms with Gasteiger partial charge in [0.2, 0.25) is 0 Å². The monoisotopic (exact) mass is 417 g/mol. The van der Waals surface area contributed by atoms with Gasteiger partial charge in [-0.1, -0.05) is 37.1 Å². The van der Waals surface area contributed by atoms with Gasteiger partial charge < -0.3 is 9.64 Å². The van der Waals surface area contributed by atoms with Crippen LogP contribution in [0.25, 0.3) is 5.57 Å². The fourth-order valence-corrected chi connectivity index (χ4v) is 3.57. The second-order valence-electron chi connectivity index (χ2n) is 7.46. The number of unbranched alkanes of at least 4 members (excludes halogenated alkanes) is 3. The number of aromatic nitrogens is 1. The van der Waals surface area contributed by atoms with E-state index < -0.39 is 0 Å². The molecule has 0 unspecified atom stereocenters. The molecule has 1 aromatic rings. The first-order valence-electron chi connectivity index (χ1n) is 11.2. The van der Waals surface area contributed by atoms with Gasteiger partial charge in [-0.3, -0.25) is 4.79 Å². The van der Waals surface area contributed by atoms with E-state index in [0.717, 1.165) is 67.9 Å². The van der Waals surface area contributed by atoms with E-state index >= 15 is 0 Å². The SMILES string of the molecule is CCOC(=O)CCCCCCN(C1=NC=CCC1)c1cc(C2=C=CC=CC=C2)ccn1. The molecule has 0 aromatic carbocycles. The van der Waals surface area contributed by atoms with Crippen molar-refractivity contribution in [3.05, 3.63) is 72.3 Å². The second-order valence-corrected chi connectivity index (χ2v) is 7.46. The Morgan fingerprint density at radius 3 is 2.94 bits per heavy atom. The number of ether oxygens (including phenoxy) is 1. The fourth-order valence-electron chi connectivity index (χ4n) is 3.57. The molecule has 2 heterocycles. The third-order valence-corrected chi connectivity index (χ3v) is 5.15. The van der Waals surface area contributed by atoms with E-state index in [1.54, 1.807) is 0 Å². The Morgan fingerprint density at radius 1 is 1.19 bits per heavy atom. The smallest absolute Gasteiger partial charge is 0.305 e. The summed E-state index contributed by atoms with van der Waals surface area (Å²) < 4.78 is 5.00. The van der Waals surface area contributed by atoms with Crippen molar-refractivity contribution in [2.75, 3.05) is 18.1 Å². The summed E-state index contributed by atoms with van der Waals surface area (Å²) in [5, 5.41) is 0. The van der Waals surface area contributed by atoms with E-state index in [-0.39, 0.29) is 5.97 Å². The zero-order chi connectivity index (χ0) is 21.7. The molecule has 0 atom stereocenters. The number of allylic oxidation sites excluding steroid dienone is 6. The number of nitrogens with zero attached hydrogens (tertiary/aromatic N) is 3. The molecule has 5 heteroatoms. The number of hydrogen-bond acceptors (Lipinski definition) is 5. The average Bonchev–Trinajstić information content (AvgIpc) is 3.09. The number of aliphatic imine (C=N–C) groups is 1. The van der Waals surface area contributed by atoms with Crippen LogP contribution >= 0.6 is 0 Å². The van der Waals surface area contributed by atoms with E-state index in [2.05, 4.69) is 38.8 Å². The van der Waals surface area contributed by atoms with Crippen LogP contribution in [0.2, 0.25) is 0 Å². The first-order valence-corrected chi connectivity index (χ1v) is 11.2. The molecule has 0 saturated heterocycles. The van der Waals surface area contributed by atoms with Gasteiger partial charge in [-0.15, -0.1) is 5.73 Å². The molecule has 0 bridgehead atoms. The van der Waals surface area contributed by atoms with Crippen molar-refractivity contribution >= 4 is 23.2 Å². The lowest BCUT2D eigenvalue weighted by molar-refractivity contribution is -0.143. The van der Waals surface area contributed by atoms with Crippen LogP contribution in [-0.2, 0) is 9.53 Å². The van der Waals surface area contributed by atoms with Crippen LogP contribution < -0.4 is 4.90 Å². The minimum atomic E-state index is -0.0976. The van der Waals surface area contributed by atoms with E-state index in [1.165, 1.54) is 0 Å². The van der Waals surface area contributed by atoms with Gasteiger partial charge in [0.25, 0.3) is 0 Å². The van der Waals surface area contributed by atoms with Gasteiger partial charge in [0, 0.05) is 37.4 Å². The van der Waals surface area contributed by atoms with Crippen molar-refractivity contribution in [1.82, 2.24) is 4.98 Å². The van der Waals surface area contributed by atoms with Crippen LogP contribution in [0, 0.1) is 0 Å². The van der Waals surface area contributed by atoms with Gasteiger partial charge in [0.05, 0.1) is 6.61 Å². The Morgan fingerprint density at radius 2 is 2.10 bits per heavy atom. The van der Waals surface area contributed by atoms with E-state index in [9.17, 15) is 4.79 Å². The topological polar surface area (TPSA) is 54.8 Å². The number of anilines is 1. The van der Waals surface area contributed by atoms with Gasteiger partial charge in [-0.25, -0.2) is 9.98 Å². The van der Waals surface area contributed by atoms with Gasteiger partial charge >= 0.3 is 5.97 Å². The normalized spacial score (nSPS) is 14.7. The summed E-state index contributed by atoms with van der Waals surface area (Å²) in [6, 6.07) is 4.14. The molecule has 1 aliphatic heterocycles. The van der Waals surface area contributed by atoms with Gasteiger partial charge in [-0.2, -0.15) is 0 Å². The summed E-state index contributed by atoms with van der Waals surface area (Å²) >= 11 is 0. The Balaban J connectivity index is 1.65. The number of esters is 1. The summed E-state index contributed by atoms with van der Waals surface area (Å²) in [5.74, 6) is 1.87. The fraction of sp³-hybridized carbons (Fsp3) is 0.385. The second kappa shape index (κ2) is 12.5. The summed E-state index contributed by atoms with van der Waals surface area (Å²) in [7, 11) is 0. The van der Waals surface area contributed by atoms with E-state index in [1.807, 2.05) is 49.7 Å². The molecule has 0 radical (unpaired) electrons. The van der Waals surface area contributed by atoms with Crippen molar-refractivity contribution in [1.29, 1.82) is 0 Å². The lowest BCUT2D eigenvalue weighted by Crippen LogP contribution is -2.33. The van der Waals surface area contributed by atoms with Crippen molar-refractivity contribution in [2.24, 2.45) is 4.99 Å². The minimum absolute atomic E-state index is 0.0976. The Kier molecular flexibility index (Phi) is 9.08. The molecule has 31 heavy (non-hydrogen) atoms. The van der Waals surface area contributed by atoms with Crippen LogP contribution in [0.15, 0.2) is 71.7 Å². The van der Waals surface area contributed by atoms with E-state index in [4.69, 9.17) is 4.74 Å². The van der Waals surface area contributed by atoms with Gasteiger partial charge in [-0.05, 0) is 56.0 Å². The zero-order valence-electron chi connectivity index (χ0n) is 18.3. The number of carbonyl (C=O) groups excluding carboxylic acids is 1. The summed E-state index contributed by atoms with van der Waals surface area (Å²) in [6.45, 7) is 3.15. The minimum Gasteiger partial charge on any atom is -0.466 e. The third-order valence-electron chi connectivity index (χ3n) is 5.15. The maximum atomic E-state index is 11.5. The summed E-state index contributed by atoms with van der Waals surface area (Å²) in [6.07, 6.45) is 22.2. The third kappa shape index (κ3) is 7.23. The molecule has 0 fully saturated rings. The quantitative estimate of drug-likeness (QED) is 0.275. The van der Waals surface area contributed by atoms with Crippen LogP contribution in [0.3, 0.4) is 0 Å². The van der Waals surface area contributed by atoms with Crippen molar-refractivity contribution in [3.8, 4) is 0 Å². The molecular formula is C26H31N3O2. The lowest BCUT2D eigenvalue weighted by atomic mass is 10.1. The average molecular weight is 418 g/mol. The van der Waals surface area contributed by atoms with Crippen LogP contribution in [0.5, 0.6) is 0 Å². The number of hydrogen-bond donors (Lipinski definition) is 0. The van der Waals surface area contributed by atoms with E-state index in [0.29, 0.717) is 13.0 Å². The van der Waals surface area contributed by atoms with Gasteiger partial charge in [0.15, 0.2) is 0 Å². The maximum Gasteiger partial charge on any atom is 0.305 e. The largest absolute Gasteiger partial charge is 0.466 e. The maximum absolute atomic E-state index is 11.5. The number of carbonyl (C=O) groups is 1. The van der Waals surface area contributed by atoms with Crippen LogP contribution in [0.1, 0.15) is 57.4 Å². The molecule has 3 rings (SSSR count).